The molecule has 0 bridgehead atoms. The summed E-state index contributed by atoms with van der Waals surface area (Å²) in [6, 6.07) is 10.1. The second kappa shape index (κ2) is 5.77. The topological polar surface area (TPSA) is 46.2 Å². The van der Waals surface area contributed by atoms with Gasteiger partial charge in [-0.25, -0.2) is 0 Å². The molecule has 0 heterocycles. The summed E-state index contributed by atoms with van der Waals surface area (Å²) >= 11 is 0. The maximum Gasteiger partial charge on any atom is 0.416 e. The van der Waals surface area contributed by atoms with E-state index in [1.807, 2.05) is 13.0 Å². The lowest BCUT2D eigenvalue weighted by Crippen LogP contribution is -2.10. The number of halogens is 3. The molecule has 0 radical (unpaired) electrons. The van der Waals surface area contributed by atoms with Gasteiger partial charge < -0.3 is 10.8 Å². The summed E-state index contributed by atoms with van der Waals surface area (Å²) in [5, 5.41) is 10.3. The summed E-state index contributed by atoms with van der Waals surface area (Å²) in [5.41, 5.74) is 6.62. The Morgan fingerprint density at radius 3 is 2.48 bits per heavy atom. The molecule has 2 nitrogen and oxygen atoms in total. The van der Waals surface area contributed by atoms with Crippen LogP contribution in [0.2, 0.25) is 0 Å². The predicted molar refractivity (Wildman–Crippen MR) is 75.7 cm³/mol. The number of hydrogen-bond donors (Lipinski definition) is 2. The summed E-state index contributed by atoms with van der Waals surface area (Å²) in [6.45, 7) is 1.96. The molecule has 1 unspecified atom stereocenters. The van der Waals surface area contributed by atoms with E-state index in [2.05, 4.69) is 0 Å². The molecule has 0 fully saturated rings. The number of aliphatic hydroxyl groups is 1. The van der Waals surface area contributed by atoms with E-state index < -0.39 is 17.8 Å². The zero-order valence-corrected chi connectivity index (χ0v) is 11.5. The summed E-state index contributed by atoms with van der Waals surface area (Å²) in [5.74, 6) is 0. The van der Waals surface area contributed by atoms with Gasteiger partial charge in [-0.15, -0.1) is 0 Å². The molecule has 0 spiro atoms. The highest BCUT2D eigenvalue weighted by Gasteiger charge is 2.31. The van der Waals surface area contributed by atoms with Crippen LogP contribution in [0.4, 0.5) is 18.9 Å². The highest BCUT2D eigenvalue weighted by atomic mass is 19.4. The van der Waals surface area contributed by atoms with E-state index in [-0.39, 0.29) is 11.3 Å². The van der Waals surface area contributed by atoms with Gasteiger partial charge in [-0.05, 0) is 35.7 Å². The molecule has 0 saturated heterocycles. The molecule has 0 aliphatic rings. The first kappa shape index (κ1) is 15.4. The second-order valence-electron chi connectivity index (χ2n) is 4.84. The van der Waals surface area contributed by atoms with Gasteiger partial charge in [0.1, 0.15) is 6.10 Å². The van der Waals surface area contributed by atoms with Crippen LogP contribution < -0.4 is 5.73 Å². The van der Waals surface area contributed by atoms with Crippen LogP contribution in [-0.2, 0) is 12.6 Å². The summed E-state index contributed by atoms with van der Waals surface area (Å²) < 4.78 is 38.3. The molecule has 0 amide bonds. The minimum Gasteiger partial charge on any atom is -0.398 e. The smallest absolute Gasteiger partial charge is 0.398 e. The minimum absolute atomic E-state index is 0.0677. The third-order valence-corrected chi connectivity index (χ3v) is 3.38. The maximum atomic E-state index is 12.8. The van der Waals surface area contributed by atoms with Crippen molar-refractivity contribution >= 4 is 5.69 Å². The van der Waals surface area contributed by atoms with Gasteiger partial charge in [0.2, 0.25) is 0 Å². The van der Waals surface area contributed by atoms with Gasteiger partial charge in [0.25, 0.3) is 0 Å². The highest BCUT2D eigenvalue weighted by Crippen LogP contribution is 2.34. The summed E-state index contributed by atoms with van der Waals surface area (Å²) in [6.07, 6.45) is -4.87. The lowest BCUT2D eigenvalue weighted by Gasteiger charge is -2.17. The van der Waals surface area contributed by atoms with Crippen molar-refractivity contribution in [2.24, 2.45) is 0 Å². The number of alkyl halides is 3. The number of nitrogen functional groups attached to an aromatic ring is 1. The lowest BCUT2D eigenvalue weighted by molar-refractivity contribution is -0.137. The van der Waals surface area contributed by atoms with E-state index in [1.54, 1.807) is 18.2 Å². The number of hydrogen-bond acceptors (Lipinski definition) is 2. The molecular weight excluding hydrogens is 279 g/mol. The monoisotopic (exact) mass is 295 g/mol. The number of aliphatic hydroxyl groups excluding tert-OH is 1. The lowest BCUT2D eigenvalue weighted by atomic mass is 9.96. The van der Waals surface area contributed by atoms with Crippen molar-refractivity contribution in [3.63, 3.8) is 0 Å². The molecule has 0 aliphatic carbocycles. The van der Waals surface area contributed by atoms with Crippen LogP contribution in [0, 0.1) is 0 Å². The second-order valence-corrected chi connectivity index (χ2v) is 4.84. The van der Waals surface area contributed by atoms with E-state index in [1.165, 1.54) is 6.07 Å². The fourth-order valence-electron chi connectivity index (χ4n) is 2.15. The summed E-state index contributed by atoms with van der Waals surface area (Å²) in [7, 11) is 0. The van der Waals surface area contributed by atoms with Gasteiger partial charge in [-0.2, -0.15) is 13.2 Å². The SMILES string of the molecule is CCc1cccc(C(O)c2cc(C(F)(F)F)ccc2N)c1. The van der Waals surface area contributed by atoms with Gasteiger partial charge >= 0.3 is 6.18 Å². The molecule has 0 aliphatic heterocycles. The van der Waals surface area contributed by atoms with Crippen molar-refractivity contribution in [1.29, 1.82) is 0 Å². The van der Waals surface area contributed by atoms with Gasteiger partial charge in [-0.1, -0.05) is 31.2 Å². The van der Waals surface area contributed by atoms with Crippen LogP contribution in [0.1, 0.15) is 35.3 Å². The summed E-state index contributed by atoms with van der Waals surface area (Å²) in [4.78, 5) is 0. The Bertz CT molecular complexity index is 638. The number of rotatable bonds is 3. The molecule has 21 heavy (non-hydrogen) atoms. The predicted octanol–water partition coefficient (Wildman–Crippen LogP) is 3.93. The van der Waals surface area contributed by atoms with Crippen molar-refractivity contribution in [3.05, 3.63) is 64.7 Å². The van der Waals surface area contributed by atoms with Crippen molar-refractivity contribution in [1.82, 2.24) is 0 Å². The molecule has 3 N–H and O–H groups in total. The molecule has 2 aromatic carbocycles. The Morgan fingerprint density at radius 1 is 1.14 bits per heavy atom. The van der Waals surface area contributed by atoms with Gasteiger partial charge in [0, 0.05) is 11.3 Å². The zero-order chi connectivity index (χ0) is 15.6. The van der Waals surface area contributed by atoms with Crippen molar-refractivity contribution < 1.29 is 18.3 Å². The standard InChI is InChI=1S/C16H16F3NO/c1-2-10-4-3-5-11(8-10)15(21)13-9-12(16(17,18)19)6-7-14(13)20/h3-9,15,21H,2,20H2,1H3. The number of aryl methyl sites for hydroxylation is 1. The molecular formula is C16H16F3NO. The first-order chi connectivity index (χ1) is 9.82. The van der Waals surface area contributed by atoms with E-state index in [9.17, 15) is 18.3 Å². The third-order valence-electron chi connectivity index (χ3n) is 3.38. The molecule has 0 saturated carbocycles. The van der Waals surface area contributed by atoms with Crippen molar-refractivity contribution in [2.75, 3.05) is 5.73 Å². The molecule has 2 aromatic rings. The Balaban J connectivity index is 2.44. The molecule has 2 rings (SSSR count). The van der Waals surface area contributed by atoms with E-state index >= 15 is 0 Å². The van der Waals surface area contributed by atoms with E-state index in [0.717, 1.165) is 24.1 Å². The van der Waals surface area contributed by atoms with Crippen molar-refractivity contribution in [3.8, 4) is 0 Å². The first-order valence-corrected chi connectivity index (χ1v) is 6.56. The maximum absolute atomic E-state index is 12.8. The quantitative estimate of drug-likeness (QED) is 0.843. The van der Waals surface area contributed by atoms with Crippen LogP contribution >= 0.6 is 0 Å². The number of benzene rings is 2. The van der Waals surface area contributed by atoms with Crippen LogP contribution in [0.25, 0.3) is 0 Å². The Kier molecular flexibility index (Phi) is 4.23. The first-order valence-electron chi connectivity index (χ1n) is 6.56. The fraction of sp³-hybridized carbons (Fsp3) is 0.250. The number of anilines is 1. The van der Waals surface area contributed by atoms with E-state index in [0.29, 0.717) is 5.56 Å². The van der Waals surface area contributed by atoms with E-state index in [4.69, 9.17) is 5.73 Å². The van der Waals surface area contributed by atoms with Crippen LogP contribution in [-0.4, -0.2) is 5.11 Å². The average molecular weight is 295 g/mol. The van der Waals surface area contributed by atoms with Gasteiger partial charge in [0.05, 0.1) is 5.56 Å². The largest absolute Gasteiger partial charge is 0.416 e. The minimum atomic E-state index is -4.46. The van der Waals surface area contributed by atoms with Crippen LogP contribution in [0.15, 0.2) is 42.5 Å². The fourth-order valence-corrected chi connectivity index (χ4v) is 2.15. The van der Waals surface area contributed by atoms with Gasteiger partial charge in [-0.3, -0.25) is 0 Å². The van der Waals surface area contributed by atoms with Gasteiger partial charge in [0.15, 0.2) is 0 Å². The molecule has 5 heteroatoms. The molecule has 112 valence electrons. The third kappa shape index (κ3) is 3.36. The Hall–Kier alpha value is -2.01. The van der Waals surface area contributed by atoms with Crippen LogP contribution in [0.5, 0.6) is 0 Å². The highest BCUT2D eigenvalue weighted by molar-refractivity contribution is 5.53. The molecule has 1 atom stereocenters. The number of nitrogens with two attached hydrogens (primary N) is 1. The molecule has 0 aromatic heterocycles. The Labute approximate surface area is 121 Å². The zero-order valence-electron chi connectivity index (χ0n) is 11.5. The Morgan fingerprint density at radius 2 is 1.86 bits per heavy atom. The van der Waals surface area contributed by atoms with Crippen molar-refractivity contribution in [2.45, 2.75) is 25.6 Å². The van der Waals surface area contributed by atoms with Crippen LogP contribution in [0.3, 0.4) is 0 Å². The average Bonchev–Trinajstić information content (AvgIpc) is 2.46. The normalized spacial score (nSPS) is 13.2.